The summed E-state index contributed by atoms with van der Waals surface area (Å²) in [5.74, 6) is -13.0. The van der Waals surface area contributed by atoms with E-state index in [0.717, 1.165) is 12.8 Å². The fourth-order valence-electron chi connectivity index (χ4n) is 2.61. The van der Waals surface area contributed by atoms with Crippen LogP contribution in [-0.4, -0.2) is 11.7 Å². The van der Waals surface area contributed by atoms with Gasteiger partial charge in [-0.3, -0.25) is 0 Å². The van der Waals surface area contributed by atoms with Crippen molar-refractivity contribution in [2.45, 2.75) is 19.3 Å². The van der Waals surface area contributed by atoms with E-state index in [2.05, 4.69) is 9.99 Å². The third-order valence-corrected chi connectivity index (χ3v) is 4.20. The van der Waals surface area contributed by atoms with Gasteiger partial charge in [0.2, 0.25) is 5.82 Å². The van der Waals surface area contributed by atoms with Crippen molar-refractivity contribution in [3.63, 3.8) is 0 Å². The summed E-state index contributed by atoms with van der Waals surface area (Å²) in [6.07, 6.45) is 13.2. The molecule has 0 N–H and O–H groups in total. The first-order valence-electron chi connectivity index (χ1n) is 8.21. The predicted octanol–water partition coefficient (Wildman–Crippen LogP) is 4.99. The molecule has 0 aromatic heterocycles. The molecule has 0 aliphatic heterocycles. The zero-order valence-electron chi connectivity index (χ0n) is 13.9. The number of rotatable bonds is 5. The van der Waals surface area contributed by atoms with Crippen molar-refractivity contribution in [2.24, 2.45) is 17.0 Å². The first-order valence-corrected chi connectivity index (χ1v) is 8.21. The average molecular weight is 383 g/mol. The highest BCUT2D eigenvalue weighted by atomic mass is 19.2. The number of carbonyl (C=O) groups is 1. The van der Waals surface area contributed by atoms with Crippen LogP contribution in [0.15, 0.2) is 41.6 Å². The molecule has 142 valence electrons. The summed E-state index contributed by atoms with van der Waals surface area (Å²) in [4.78, 5) is 16.4. The van der Waals surface area contributed by atoms with Crippen LogP contribution < -0.4 is 0 Å². The molecule has 3 nitrogen and oxygen atoms in total. The van der Waals surface area contributed by atoms with Gasteiger partial charge in [-0.25, -0.2) is 26.7 Å². The van der Waals surface area contributed by atoms with Crippen LogP contribution in [0, 0.1) is 40.9 Å². The summed E-state index contributed by atoms with van der Waals surface area (Å²) >= 11 is 0. The lowest BCUT2D eigenvalue weighted by Crippen LogP contribution is -2.15. The minimum absolute atomic E-state index is 0.0211. The second-order valence-electron chi connectivity index (χ2n) is 6.20. The first kappa shape index (κ1) is 19.0. The zero-order chi connectivity index (χ0) is 19.6. The number of hydrogen-bond donors (Lipinski definition) is 0. The summed E-state index contributed by atoms with van der Waals surface area (Å²) in [5, 5.41) is 3.66. The van der Waals surface area contributed by atoms with Gasteiger partial charge in [-0.1, -0.05) is 41.6 Å². The maximum absolute atomic E-state index is 13.7. The summed E-state index contributed by atoms with van der Waals surface area (Å²) in [6.45, 7) is 0. The SMILES string of the molecule is O=C(O/N=C(/CC1C=CC=CC=C1)C1CC1)c1c(F)c(F)c(F)c(F)c1F. The number of allylic oxidation sites excluding steroid dienone is 6. The minimum Gasteiger partial charge on any atom is -0.313 e. The Morgan fingerprint density at radius 3 is 1.93 bits per heavy atom. The Balaban J connectivity index is 1.80. The summed E-state index contributed by atoms with van der Waals surface area (Å²) in [6, 6.07) is 0. The Morgan fingerprint density at radius 1 is 0.889 bits per heavy atom. The number of hydrogen-bond acceptors (Lipinski definition) is 3. The smallest absolute Gasteiger partial charge is 0.313 e. The molecule has 3 rings (SSSR count). The Labute approximate surface area is 151 Å². The maximum atomic E-state index is 13.7. The van der Waals surface area contributed by atoms with Crippen molar-refractivity contribution in [3.05, 3.63) is 71.1 Å². The molecule has 27 heavy (non-hydrogen) atoms. The van der Waals surface area contributed by atoms with E-state index in [0.29, 0.717) is 12.1 Å². The molecule has 1 aromatic rings. The highest BCUT2D eigenvalue weighted by Crippen LogP contribution is 2.34. The quantitative estimate of drug-likeness (QED) is 0.179. The number of benzene rings is 1. The van der Waals surface area contributed by atoms with Crippen molar-refractivity contribution >= 4 is 11.7 Å². The Bertz CT molecular complexity index is 840. The van der Waals surface area contributed by atoms with E-state index in [-0.39, 0.29) is 11.8 Å². The van der Waals surface area contributed by atoms with Gasteiger partial charge in [0.1, 0.15) is 5.56 Å². The van der Waals surface area contributed by atoms with Gasteiger partial charge in [0.05, 0.1) is 5.71 Å². The van der Waals surface area contributed by atoms with Gasteiger partial charge in [-0.2, -0.15) is 0 Å². The van der Waals surface area contributed by atoms with Crippen molar-refractivity contribution in [2.75, 3.05) is 0 Å². The fraction of sp³-hybridized carbons (Fsp3) is 0.263. The van der Waals surface area contributed by atoms with Gasteiger partial charge in [-0.05, 0) is 19.3 Å². The second-order valence-corrected chi connectivity index (χ2v) is 6.20. The standard InChI is InChI=1S/C19H14F5NO2/c20-14-13(15(21)17(23)18(24)16(14)22)19(26)27-25-12(11-7-8-11)9-10-5-3-1-2-4-6-10/h1-6,10-11H,7-9H2/b25-12-. The number of carbonyl (C=O) groups excluding carboxylic acids is 1. The lowest BCUT2D eigenvalue weighted by molar-refractivity contribution is 0.0499. The highest BCUT2D eigenvalue weighted by molar-refractivity contribution is 5.92. The van der Waals surface area contributed by atoms with Crippen LogP contribution in [0.2, 0.25) is 0 Å². The maximum Gasteiger partial charge on any atom is 0.371 e. The number of halogens is 5. The first-order chi connectivity index (χ1) is 12.9. The van der Waals surface area contributed by atoms with E-state index in [4.69, 9.17) is 0 Å². The largest absolute Gasteiger partial charge is 0.371 e. The molecule has 0 heterocycles. The van der Waals surface area contributed by atoms with Crippen LogP contribution in [0.3, 0.4) is 0 Å². The molecule has 2 aliphatic rings. The molecular formula is C19H14F5NO2. The average Bonchev–Trinajstić information content (AvgIpc) is 3.49. The third-order valence-electron chi connectivity index (χ3n) is 4.20. The lowest BCUT2D eigenvalue weighted by atomic mass is 9.99. The van der Waals surface area contributed by atoms with Crippen LogP contribution in [0.5, 0.6) is 0 Å². The third kappa shape index (κ3) is 4.15. The molecule has 2 aliphatic carbocycles. The molecule has 1 fully saturated rings. The van der Waals surface area contributed by atoms with E-state index < -0.39 is 40.6 Å². The monoisotopic (exact) mass is 383 g/mol. The summed E-state index contributed by atoms with van der Waals surface area (Å²) in [7, 11) is 0. The van der Waals surface area contributed by atoms with E-state index in [1.165, 1.54) is 0 Å². The van der Waals surface area contributed by atoms with Crippen LogP contribution >= 0.6 is 0 Å². The Morgan fingerprint density at radius 2 is 1.41 bits per heavy atom. The zero-order valence-corrected chi connectivity index (χ0v) is 13.9. The van der Waals surface area contributed by atoms with E-state index in [9.17, 15) is 26.7 Å². The summed E-state index contributed by atoms with van der Waals surface area (Å²) in [5.41, 5.74) is -1.17. The molecule has 1 saturated carbocycles. The van der Waals surface area contributed by atoms with Gasteiger partial charge in [0, 0.05) is 11.8 Å². The van der Waals surface area contributed by atoms with Gasteiger partial charge >= 0.3 is 5.97 Å². The molecule has 0 amide bonds. The molecule has 0 saturated heterocycles. The lowest BCUT2D eigenvalue weighted by Gasteiger charge is -2.10. The van der Waals surface area contributed by atoms with Crippen LogP contribution in [-0.2, 0) is 4.84 Å². The molecule has 8 heteroatoms. The second kappa shape index (κ2) is 7.85. The molecule has 0 unspecified atom stereocenters. The van der Waals surface area contributed by atoms with Gasteiger partial charge in [0.15, 0.2) is 23.3 Å². The summed E-state index contributed by atoms with van der Waals surface area (Å²) < 4.78 is 66.8. The van der Waals surface area contributed by atoms with Crippen molar-refractivity contribution in [1.82, 2.24) is 0 Å². The molecule has 0 radical (unpaired) electrons. The van der Waals surface area contributed by atoms with Crippen molar-refractivity contribution in [3.8, 4) is 0 Å². The van der Waals surface area contributed by atoms with Crippen LogP contribution in [0.25, 0.3) is 0 Å². The van der Waals surface area contributed by atoms with Crippen LogP contribution in [0.4, 0.5) is 22.0 Å². The molecule has 0 atom stereocenters. The van der Waals surface area contributed by atoms with E-state index >= 15 is 0 Å². The van der Waals surface area contributed by atoms with Gasteiger partial charge in [0.25, 0.3) is 0 Å². The molecule has 0 spiro atoms. The topological polar surface area (TPSA) is 38.7 Å². The molecular weight excluding hydrogens is 369 g/mol. The van der Waals surface area contributed by atoms with Crippen molar-refractivity contribution < 1.29 is 31.6 Å². The fourth-order valence-corrected chi connectivity index (χ4v) is 2.61. The number of oxime groups is 1. The van der Waals surface area contributed by atoms with E-state index in [1.54, 1.807) is 0 Å². The van der Waals surface area contributed by atoms with Crippen molar-refractivity contribution in [1.29, 1.82) is 0 Å². The molecule has 1 aromatic carbocycles. The normalized spacial score (nSPS) is 17.3. The number of nitrogens with zero attached hydrogens (tertiary/aromatic N) is 1. The predicted molar refractivity (Wildman–Crippen MR) is 87.3 cm³/mol. The Hall–Kier alpha value is -2.77. The van der Waals surface area contributed by atoms with Gasteiger partial charge < -0.3 is 4.84 Å². The Kier molecular flexibility index (Phi) is 5.53. The molecule has 0 bridgehead atoms. The van der Waals surface area contributed by atoms with E-state index in [1.807, 2.05) is 36.5 Å². The van der Waals surface area contributed by atoms with Gasteiger partial charge in [-0.15, -0.1) is 0 Å². The minimum atomic E-state index is -2.34. The van der Waals surface area contributed by atoms with Crippen LogP contribution in [0.1, 0.15) is 29.6 Å². The highest BCUT2D eigenvalue weighted by Gasteiger charge is 2.32.